The van der Waals surface area contributed by atoms with Crippen LogP contribution in [-0.2, 0) is 10.8 Å². The number of hydrogen-bond donors (Lipinski definition) is 0. The van der Waals surface area contributed by atoms with Crippen LogP contribution in [0.15, 0.2) is 122 Å². The molecule has 0 aliphatic heterocycles. The van der Waals surface area contributed by atoms with Crippen molar-refractivity contribution in [3.05, 3.63) is 144 Å². The minimum Gasteiger partial charge on any atom is -0.311 e. The predicted molar refractivity (Wildman–Crippen MR) is 163 cm³/mol. The molecule has 188 valence electrons. The lowest BCUT2D eigenvalue weighted by atomic mass is 9.82. The lowest BCUT2D eigenvalue weighted by Crippen LogP contribution is -2.20. The summed E-state index contributed by atoms with van der Waals surface area (Å²) in [5.41, 5.74) is 14.7. The van der Waals surface area contributed by atoms with Crippen molar-refractivity contribution in [2.75, 3.05) is 4.90 Å². The van der Waals surface area contributed by atoms with Crippen LogP contribution in [-0.4, -0.2) is 0 Å². The summed E-state index contributed by atoms with van der Waals surface area (Å²) in [7, 11) is 0. The Balaban J connectivity index is 1.52. The second-order valence-electron chi connectivity index (χ2n) is 11.7. The van der Waals surface area contributed by atoms with Crippen LogP contribution in [0.4, 0.5) is 11.4 Å². The van der Waals surface area contributed by atoms with E-state index in [0.29, 0.717) is 6.42 Å². The van der Waals surface area contributed by atoms with Gasteiger partial charge in [0.25, 0.3) is 0 Å². The van der Waals surface area contributed by atoms with Crippen LogP contribution in [0.5, 0.6) is 0 Å². The number of anilines is 2. The third-order valence-corrected chi connectivity index (χ3v) is 8.72. The van der Waals surface area contributed by atoms with Gasteiger partial charge in [0.1, 0.15) is 0 Å². The van der Waals surface area contributed by atoms with E-state index in [2.05, 4.69) is 137 Å². The third kappa shape index (κ3) is 3.38. The van der Waals surface area contributed by atoms with Crippen molar-refractivity contribution in [1.29, 1.82) is 0 Å². The van der Waals surface area contributed by atoms with E-state index in [1.165, 1.54) is 44.5 Å². The van der Waals surface area contributed by atoms with Gasteiger partial charge in [-0.15, -0.1) is 6.58 Å². The van der Waals surface area contributed by atoms with E-state index in [1.54, 1.807) is 0 Å². The van der Waals surface area contributed by atoms with Crippen LogP contribution >= 0.6 is 0 Å². The van der Waals surface area contributed by atoms with Gasteiger partial charge in [-0.05, 0) is 80.8 Å². The minimum absolute atomic E-state index is 0.0748. The Morgan fingerprint density at radius 1 is 0.632 bits per heavy atom. The summed E-state index contributed by atoms with van der Waals surface area (Å²) in [6, 6.07) is 31.3. The molecular formula is C37H35N. The maximum Gasteiger partial charge on any atom is 0.0464 e. The molecule has 0 atom stereocenters. The van der Waals surface area contributed by atoms with Gasteiger partial charge in [-0.25, -0.2) is 0 Å². The quantitative estimate of drug-likeness (QED) is 0.191. The van der Waals surface area contributed by atoms with Crippen LogP contribution in [0.1, 0.15) is 56.4 Å². The summed E-state index contributed by atoms with van der Waals surface area (Å²) < 4.78 is 0. The fourth-order valence-electron chi connectivity index (χ4n) is 6.57. The topological polar surface area (TPSA) is 3.24 Å². The molecule has 0 aromatic heterocycles. The largest absolute Gasteiger partial charge is 0.311 e. The Bertz CT molecular complexity index is 1540. The monoisotopic (exact) mass is 493 g/mol. The average Bonchev–Trinajstić information content (AvgIpc) is 3.29. The number of nitrogens with zero attached hydrogens (tertiary/aromatic N) is 1. The Hall–Kier alpha value is -4.10. The number of allylic oxidation sites excluding steroid dienone is 2. The molecule has 0 fully saturated rings. The van der Waals surface area contributed by atoms with Crippen molar-refractivity contribution in [3.8, 4) is 22.3 Å². The highest BCUT2D eigenvalue weighted by Gasteiger charge is 2.37. The second kappa shape index (κ2) is 8.46. The van der Waals surface area contributed by atoms with Gasteiger partial charge >= 0.3 is 0 Å². The molecule has 6 rings (SSSR count). The third-order valence-electron chi connectivity index (χ3n) is 8.72. The smallest absolute Gasteiger partial charge is 0.0464 e. The van der Waals surface area contributed by atoms with Gasteiger partial charge in [-0.1, -0.05) is 108 Å². The molecule has 0 heterocycles. The highest BCUT2D eigenvalue weighted by atomic mass is 15.1. The summed E-state index contributed by atoms with van der Waals surface area (Å²) in [6.07, 6.45) is 2.59. The van der Waals surface area contributed by atoms with Crippen molar-refractivity contribution in [1.82, 2.24) is 0 Å². The summed E-state index contributed by atoms with van der Waals surface area (Å²) in [5.74, 6) is 0. The summed E-state index contributed by atoms with van der Waals surface area (Å²) in [6.45, 7) is 22.2. The van der Waals surface area contributed by atoms with E-state index in [1.807, 2.05) is 6.08 Å². The molecule has 0 N–H and O–H groups in total. The molecule has 0 saturated heterocycles. The van der Waals surface area contributed by atoms with Gasteiger partial charge in [0, 0.05) is 27.9 Å². The maximum atomic E-state index is 4.54. The molecule has 4 aromatic carbocycles. The van der Waals surface area contributed by atoms with Gasteiger partial charge in [-0.2, -0.15) is 0 Å². The minimum atomic E-state index is -0.0748. The fourth-order valence-corrected chi connectivity index (χ4v) is 6.57. The van der Waals surface area contributed by atoms with Gasteiger partial charge < -0.3 is 4.90 Å². The van der Waals surface area contributed by atoms with Crippen LogP contribution < -0.4 is 4.90 Å². The van der Waals surface area contributed by atoms with Crippen LogP contribution in [0.2, 0.25) is 0 Å². The van der Waals surface area contributed by atoms with Crippen molar-refractivity contribution in [2.24, 2.45) is 0 Å². The number of benzene rings is 4. The van der Waals surface area contributed by atoms with Crippen molar-refractivity contribution >= 4 is 11.4 Å². The average molecular weight is 494 g/mol. The second-order valence-corrected chi connectivity index (χ2v) is 11.7. The van der Waals surface area contributed by atoms with Crippen molar-refractivity contribution in [3.63, 3.8) is 0 Å². The zero-order valence-electron chi connectivity index (χ0n) is 22.9. The lowest BCUT2D eigenvalue weighted by Gasteiger charge is -2.31. The first-order valence-corrected chi connectivity index (χ1v) is 13.4. The van der Waals surface area contributed by atoms with E-state index < -0.39 is 0 Å². The SMILES string of the molecule is C=CCC(=C)C(=C)N(c1ccc2c(c1)C(C)(C)c1ccccc1-2)c1ccc2c(c1)C(C)(C)c1ccccc1-2. The molecule has 2 aliphatic carbocycles. The molecule has 0 amide bonds. The molecule has 4 aromatic rings. The van der Waals surface area contributed by atoms with Crippen LogP contribution in [0, 0.1) is 0 Å². The van der Waals surface area contributed by atoms with E-state index in [0.717, 1.165) is 22.6 Å². The lowest BCUT2D eigenvalue weighted by molar-refractivity contribution is 0.660. The molecule has 0 unspecified atom stereocenters. The summed E-state index contributed by atoms with van der Waals surface area (Å²) >= 11 is 0. The Labute approximate surface area is 227 Å². The maximum absolute atomic E-state index is 4.54. The number of rotatable bonds is 6. The molecule has 0 bridgehead atoms. The standard InChI is InChI=1S/C37H35N/c1-8-13-24(2)25(3)38(26-18-20-30-28-14-9-11-16-32(28)36(4,5)34(30)22-26)27-19-21-31-29-15-10-12-17-33(29)37(6,7)35(31)23-27/h8-12,14-23H,1-3,13H2,4-7H3. The van der Waals surface area contributed by atoms with Gasteiger partial charge in [0.15, 0.2) is 0 Å². The molecule has 1 heteroatoms. The van der Waals surface area contributed by atoms with E-state index in [4.69, 9.17) is 0 Å². The normalized spacial score (nSPS) is 15.2. The first-order chi connectivity index (χ1) is 18.2. The van der Waals surface area contributed by atoms with Gasteiger partial charge in [-0.3, -0.25) is 0 Å². The summed E-state index contributed by atoms with van der Waals surface area (Å²) in [4.78, 5) is 2.28. The van der Waals surface area contributed by atoms with Crippen LogP contribution in [0.25, 0.3) is 22.3 Å². The highest BCUT2D eigenvalue weighted by Crippen LogP contribution is 2.52. The first-order valence-electron chi connectivity index (χ1n) is 13.4. The van der Waals surface area contributed by atoms with Crippen molar-refractivity contribution in [2.45, 2.75) is 44.9 Å². The molecule has 38 heavy (non-hydrogen) atoms. The fraction of sp³-hybridized carbons (Fsp3) is 0.189. The van der Waals surface area contributed by atoms with Crippen LogP contribution in [0.3, 0.4) is 0 Å². The molecular weight excluding hydrogens is 458 g/mol. The zero-order chi connectivity index (χ0) is 26.8. The van der Waals surface area contributed by atoms with E-state index in [-0.39, 0.29) is 10.8 Å². The predicted octanol–water partition coefficient (Wildman–Crippen LogP) is 10.1. The van der Waals surface area contributed by atoms with Gasteiger partial charge in [0.2, 0.25) is 0 Å². The molecule has 0 saturated carbocycles. The molecule has 1 nitrogen and oxygen atoms in total. The van der Waals surface area contributed by atoms with E-state index >= 15 is 0 Å². The number of hydrogen-bond acceptors (Lipinski definition) is 1. The van der Waals surface area contributed by atoms with Crippen molar-refractivity contribution < 1.29 is 0 Å². The Morgan fingerprint density at radius 3 is 1.50 bits per heavy atom. The van der Waals surface area contributed by atoms with E-state index in [9.17, 15) is 0 Å². The van der Waals surface area contributed by atoms with Gasteiger partial charge in [0.05, 0.1) is 0 Å². The molecule has 0 spiro atoms. The highest BCUT2D eigenvalue weighted by molar-refractivity contribution is 5.86. The first kappa shape index (κ1) is 24.2. The number of fused-ring (bicyclic) bond motifs is 6. The Morgan fingerprint density at radius 2 is 1.05 bits per heavy atom. The summed E-state index contributed by atoms with van der Waals surface area (Å²) in [5, 5.41) is 0. The zero-order valence-corrected chi connectivity index (χ0v) is 22.9. The molecule has 2 aliphatic rings. The Kier molecular flexibility index (Phi) is 5.40. The molecule has 0 radical (unpaired) electrons.